The van der Waals surface area contributed by atoms with Crippen LogP contribution in [0.2, 0.25) is 0 Å². The van der Waals surface area contributed by atoms with Gasteiger partial charge in [-0.25, -0.2) is 0 Å². The molecular weight excluding hydrogens is 323 g/mol. The van der Waals surface area contributed by atoms with Gasteiger partial charge in [0.15, 0.2) is 0 Å². The Morgan fingerprint density at radius 2 is 1.69 bits per heavy atom. The van der Waals surface area contributed by atoms with Crippen LogP contribution >= 0.6 is 35.7 Å². The fourth-order valence-corrected chi connectivity index (χ4v) is 1.73. The van der Waals surface area contributed by atoms with Crippen molar-refractivity contribution in [1.29, 1.82) is 0 Å². The van der Waals surface area contributed by atoms with Crippen LogP contribution in [0, 0.1) is 0 Å². The Kier molecular flexibility index (Phi) is 3.49. The maximum absolute atomic E-state index is 9.24. The number of hydrogen-bond donors (Lipinski definition) is 2. The van der Waals surface area contributed by atoms with E-state index in [1.165, 1.54) is 0 Å². The third-order valence-corrected chi connectivity index (χ3v) is 3.07. The molecule has 0 unspecified atom stereocenters. The summed E-state index contributed by atoms with van der Waals surface area (Å²) in [4.78, 5) is 18.5. The van der Waals surface area contributed by atoms with Crippen LogP contribution < -0.4 is 0 Å². The Labute approximate surface area is 92.4 Å². The van der Waals surface area contributed by atoms with E-state index in [4.69, 9.17) is 4.52 Å². The molecule has 0 heterocycles. The molecule has 0 aliphatic heterocycles. The molecule has 1 rings (SSSR count). The van der Waals surface area contributed by atoms with Crippen LogP contribution in [0.15, 0.2) is 30.3 Å². The standard InChI is InChI=1S/C7H9Br2O3P/c8-13(9,10,11)12-6-7-4-2-1-3-5-7/h1-5,10-11H,6H2. The van der Waals surface area contributed by atoms with Gasteiger partial charge in [0.25, 0.3) is 0 Å². The monoisotopic (exact) mass is 330 g/mol. The summed E-state index contributed by atoms with van der Waals surface area (Å²) >= 11 is 5.35. The van der Waals surface area contributed by atoms with Crippen molar-refractivity contribution in [3.8, 4) is 0 Å². The van der Waals surface area contributed by atoms with E-state index >= 15 is 0 Å². The first-order chi connectivity index (χ1) is 5.83. The molecule has 3 nitrogen and oxygen atoms in total. The number of rotatable bonds is 3. The van der Waals surface area contributed by atoms with Gasteiger partial charge in [0.2, 0.25) is 0 Å². The quantitative estimate of drug-likeness (QED) is 0.837. The number of benzene rings is 1. The number of hydrogen-bond acceptors (Lipinski definition) is 3. The van der Waals surface area contributed by atoms with Crippen molar-refractivity contribution in [3.63, 3.8) is 0 Å². The Balaban J connectivity index is 2.54. The van der Waals surface area contributed by atoms with Crippen LogP contribution in [-0.2, 0) is 11.1 Å². The van der Waals surface area contributed by atoms with E-state index in [1.54, 1.807) is 0 Å². The van der Waals surface area contributed by atoms with Crippen LogP contribution in [0.5, 0.6) is 0 Å². The molecule has 6 heteroatoms. The fourth-order valence-electron chi connectivity index (χ4n) is 0.755. The normalized spacial score (nSPS) is 14.9. The average Bonchev–Trinajstić information content (AvgIpc) is 2.01. The van der Waals surface area contributed by atoms with Gasteiger partial charge in [0.05, 0.1) is 0 Å². The Hall–Kier alpha value is 0.490. The van der Waals surface area contributed by atoms with Gasteiger partial charge in [0, 0.05) is 0 Å². The summed E-state index contributed by atoms with van der Waals surface area (Å²) in [5.41, 5.74) is 0.874. The van der Waals surface area contributed by atoms with Crippen LogP contribution in [0.4, 0.5) is 0 Å². The van der Waals surface area contributed by atoms with E-state index in [9.17, 15) is 9.79 Å². The molecule has 0 saturated carbocycles. The van der Waals surface area contributed by atoms with Crippen LogP contribution in [0.25, 0.3) is 0 Å². The van der Waals surface area contributed by atoms with E-state index in [-0.39, 0.29) is 6.61 Å². The average molecular weight is 332 g/mol. The van der Waals surface area contributed by atoms with Gasteiger partial charge in [-0.05, 0) is 0 Å². The molecule has 0 saturated heterocycles. The van der Waals surface area contributed by atoms with Gasteiger partial charge >= 0.3 is 92.5 Å². The van der Waals surface area contributed by atoms with E-state index in [2.05, 4.69) is 31.0 Å². The zero-order chi connectivity index (χ0) is 9.97. The summed E-state index contributed by atoms with van der Waals surface area (Å²) in [6, 6.07) is 9.25. The van der Waals surface area contributed by atoms with Crippen molar-refractivity contribution >= 4 is 35.7 Å². The molecule has 0 bridgehead atoms. The van der Waals surface area contributed by atoms with Crippen LogP contribution in [0.1, 0.15) is 5.56 Å². The molecular formula is C7H9Br2O3P. The second kappa shape index (κ2) is 3.93. The van der Waals surface area contributed by atoms with Crippen molar-refractivity contribution in [2.45, 2.75) is 6.61 Å². The summed E-state index contributed by atoms with van der Waals surface area (Å²) in [7, 11) is 0. The van der Waals surface area contributed by atoms with E-state index in [0.29, 0.717) is 0 Å². The minimum atomic E-state index is -4.17. The summed E-state index contributed by atoms with van der Waals surface area (Å²) in [6.45, 7) is 0.141. The molecule has 74 valence electrons. The summed E-state index contributed by atoms with van der Waals surface area (Å²) in [6.07, 6.45) is 0. The molecule has 0 fully saturated rings. The second-order valence-electron chi connectivity index (χ2n) is 2.52. The molecule has 0 atom stereocenters. The third kappa shape index (κ3) is 5.73. The first-order valence-corrected chi connectivity index (χ1v) is 9.57. The molecule has 1 aromatic carbocycles. The van der Waals surface area contributed by atoms with Gasteiger partial charge < -0.3 is 0 Å². The molecule has 2 N–H and O–H groups in total. The SMILES string of the molecule is OP(O)(Br)(Br)OCc1ccccc1. The van der Waals surface area contributed by atoms with Crippen molar-refractivity contribution in [2.24, 2.45) is 0 Å². The summed E-state index contributed by atoms with van der Waals surface area (Å²) in [5.74, 6) is 0. The third-order valence-electron chi connectivity index (χ3n) is 1.29. The Bertz CT molecular complexity index is 274. The summed E-state index contributed by atoms with van der Waals surface area (Å²) < 4.78 is 0.708. The van der Waals surface area contributed by atoms with Gasteiger partial charge in [-0.1, -0.05) is 0 Å². The minimum absolute atomic E-state index is 0.141. The van der Waals surface area contributed by atoms with Crippen molar-refractivity contribution in [2.75, 3.05) is 0 Å². The molecule has 0 aliphatic carbocycles. The number of halogens is 2. The van der Waals surface area contributed by atoms with Crippen molar-refractivity contribution < 1.29 is 14.3 Å². The molecule has 13 heavy (non-hydrogen) atoms. The van der Waals surface area contributed by atoms with Gasteiger partial charge in [-0.3, -0.25) is 0 Å². The molecule has 0 spiro atoms. The zero-order valence-corrected chi connectivity index (χ0v) is 10.7. The fraction of sp³-hybridized carbons (Fsp3) is 0.143. The van der Waals surface area contributed by atoms with Crippen LogP contribution in [-0.4, -0.2) is 9.79 Å². The Morgan fingerprint density at radius 3 is 2.15 bits per heavy atom. The zero-order valence-electron chi connectivity index (χ0n) is 6.60. The summed E-state index contributed by atoms with van der Waals surface area (Å²) in [5, 5.41) is 0. The van der Waals surface area contributed by atoms with Gasteiger partial charge in [0.1, 0.15) is 0 Å². The molecule has 1 aromatic rings. The van der Waals surface area contributed by atoms with E-state index < -0.39 is 4.69 Å². The predicted octanol–water partition coefficient (Wildman–Crippen LogP) is 3.11. The maximum atomic E-state index is 9.24. The topological polar surface area (TPSA) is 49.7 Å². The predicted molar refractivity (Wildman–Crippen MR) is 60.4 cm³/mol. The van der Waals surface area contributed by atoms with E-state index in [0.717, 1.165) is 5.56 Å². The van der Waals surface area contributed by atoms with E-state index in [1.807, 2.05) is 30.3 Å². The molecule has 0 aromatic heterocycles. The van der Waals surface area contributed by atoms with Crippen molar-refractivity contribution in [3.05, 3.63) is 35.9 Å². The first-order valence-electron chi connectivity index (χ1n) is 3.47. The first kappa shape index (κ1) is 11.6. The molecule has 0 aliphatic rings. The molecule has 0 amide bonds. The molecule has 0 radical (unpaired) electrons. The van der Waals surface area contributed by atoms with Gasteiger partial charge in [-0.15, -0.1) is 0 Å². The van der Waals surface area contributed by atoms with Crippen LogP contribution in [0.3, 0.4) is 0 Å². The van der Waals surface area contributed by atoms with Crippen molar-refractivity contribution in [1.82, 2.24) is 0 Å². The van der Waals surface area contributed by atoms with Gasteiger partial charge in [-0.2, -0.15) is 0 Å². The second-order valence-corrected chi connectivity index (χ2v) is 14.8. The Morgan fingerprint density at radius 1 is 1.15 bits per heavy atom.